The molecule has 0 aliphatic heterocycles. The van der Waals surface area contributed by atoms with Crippen LogP contribution in [0.5, 0.6) is 0 Å². The fraction of sp³-hybridized carbons (Fsp3) is 0.803. The van der Waals surface area contributed by atoms with Gasteiger partial charge in [-0.25, -0.2) is 0 Å². The summed E-state index contributed by atoms with van der Waals surface area (Å²) in [6.07, 6.45) is 76.5. The Kier molecular flexibility index (Phi) is 58.2. The Balaban J connectivity index is 4.30. The molecular formula is C66H118O6. The monoisotopic (exact) mass is 1010 g/mol. The summed E-state index contributed by atoms with van der Waals surface area (Å²) < 4.78 is 16.9. The van der Waals surface area contributed by atoms with Gasteiger partial charge >= 0.3 is 17.9 Å². The second kappa shape index (κ2) is 60.7. The maximum Gasteiger partial charge on any atom is 0.306 e. The molecule has 0 aromatic carbocycles. The predicted octanol–water partition coefficient (Wildman–Crippen LogP) is 21.2. The number of allylic oxidation sites excluding steroid dienone is 10. The van der Waals surface area contributed by atoms with Crippen LogP contribution >= 0.6 is 0 Å². The number of carbonyl (C=O) groups is 3. The molecule has 72 heavy (non-hydrogen) atoms. The first kappa shape index (κ1) is 69.1. The second-order valence-corrected chi connectivity index (χ2v) is 20.9. The van der Waals surface area contributed by atoms with Crippen molar-refractivity contribution in [1.82, 2.24) is 0 Å². The van der Waals surface area contributed by atoms with Gasteiger partial charge in [0.15, 0.2) is 6.10 Å². The third-order valence-electron chi connectivity index (χ3n) is 13.8. The molecule has 0 N–H and O–H groups in total. The van der Waals surface area contributed by atoms with Crippen LogP contribution in [-0.4, -0.2) is 37.2 Å². The molecule has 0 fully saturated rings. The summed E-state index contributed by atoms with van der Waals surface area (Å²) in [6, 6.07) is 0. The molecule has 0 saturated heterocycles. The predicted molar refractivity (Wildman–Crippen MR) is 312 cm³/mol. The van der Waals surface area contributed by atoms with E-state index in [2.05, 4.69) is 81.5 Å². The lowest BCUT2D eigenvalue weighted by Crippen LogP contribution is -2.30. The van der Waals surface area contributed by atoms with Crippen molar-refractivity contribution in [3.63, 3.8) is 0 Å². The molecule has 0 rings (SSSR count). The normalized spacial score (nSPS) is 12.4. The fourth-order valence-corrected chi connectivity index (χ4v) is 9.08. The van der Waals surface area contributed by atoms with Crippen LogP contribution in [0.15, 0.2) is 60.8 Å². The molecule has 0 heterocycles. The summed E-state index contributed by atoms with van der Waals surface area (Å²) in [7, 11) is 0. The van der Waals surface area contributed by atoms with Crippen molar-refractivity contribution in [2.75, 3.05) is 13.2 Å². The van der Waals surface area contributed by atoms with Gasteiger partial charge in [-0.15, -0.1) is 0 Å². The van der Waals surface area contributed by atoms with Crippen LogP contribution in [0, 0.1) is 0 Å². The van der Waals surface area contributed by atoms with Crippen LogP contribution in [0.1, 0.15) is 323 Å². The van der Waals surface area contributed by atoms with Gasteiger partial charge in [0.05, 0.1) is 0 Å². The molecule has 0 aliphatic rings. The van der Waals surface area contributed by atoms with Crippen molar-refractivity contribution < 1.29 is 28.6 Å². The van der Waals surface area contributed by atoms with E-state index in [1.54, 1.807) is 0 Å². The summed E-state index contributed by atoms with van der Waals surface area (Å²) in [5.74, 6) is -0.877. The summed E-state index contributed by atoms with van der Waals surface area (Å²) >= 11 is 0. The molecule has 6 heteroatoms. The minimum atomic E-state index is -0.779. The Bertz CT molecular complexity index is 1290. The molecule has 6 nitrogen and oxygen atoms in total. The molecule has 0 saturated carbocycles. The summed E-state index contributed by atoms with van der Waals surface area (Å²) in [4.78, 5) is 38.2. The van der Waals surface area contributed by atoms with Crippen molar-refractivity contribution >= 4 is 17.9 Å². The lowest BCUT2D eigenvalue weighted by molar-refractivity contribution is -0.167. The Morgan fingerprint density at radius 2 is 0.542 bits per heavy atom. The number of hydrogen-bond acceptors (Lipinski definition) is 6. The van der Waals surface area contributed by atoms with E-state index in [1.165, 1.54) is 186 Å². The second-order valence-electron chi connectivity index (χ2n) is 20.9. The Morgan fingerprint density at radius 3 is 0.889 bits per heavy atom. The lowest BCUT2D eigenvalue weighted by atomic mass is 10.0. The minimum Gasteiger partial charge on any atom is -0.462 e. The number of unbranched alkanes of at least 4 members (excludes halogenated alkanes) is 36. The van der Waals surface area contributed by atoms with Crippen LogP contribution < -0.4 is 0 Å². The molecule has 0 aromatic heterocycles. The third-order valence-corrected chi connectivity index (χ3v) is 13.8. The lowest BCUT2D eigenvalue weighted by Gasteiger charge is -2.18. The van der Waals surface area contributed by atoms with E-state index in [4.69, 9.17) is 14.2 Å². The van der Waals surface area contributed by atoms with E-state index in [0.29, 0.717) is 19.3 Å². The number of rotatable bonds is 57. The molecule has 0 aromatic rings. The van der Waals surface area contributed by atoms with Crippen molar-refractivity contribution in [2.45, 2.75) is 329 Å². The molecule has 1 atom stereocenters. The van der Waals surface area contributed by atoms with E-state index in [0.717, 1.165) is 96.3 Å². The van der Waals surface area contributed by atoms with E-state index >= 15 is 0 Å². The van der Waals surface area contributed by atoms with Crippen molar-refractivity contribution in [1.29, 1.82) is 0 Å². The average molecular weight is 1010 g/mol. The molecule has 0 radical (unpaired) electrons. The maximum absolute atomic E-state index is 12.9. The highest BCUT2D eigenvalue weighted by Crippen LogP contribution is 2.17. The van der Waals surface area contributed by atoms with Gasteiger partial charge in [-0.2, -0.15) is 0 Å². The summed E-state index contributed by atoms with van der Waals surface area (Å²) in [5.41, 5.74) is 0. The molecule has 0 amide bonds. The zero-order valence-electron chi connectivity index (χ0n) is 47.9. The summed E-state index contributed by atoms with van der Waals surface area (Å²) in [5, 5.41) is 0. The maximum atomic E-state index is 12.9. The van der Waals surface area contributed by atoms with E-state index in [1.807, 2.05) is 0 Å². The Hall–Kier alpha value is -2.89. The van der Waals surface area contributed by atoms with Gasteiger partial charge in [0, 0.05) is 19.3 Å². The fourth-order valence-electron chi connectivity index (χ4n) is 9.08. The van der Waals surface area contributed by atoms with Crippen LogP contribution in [0.25, 0.3) is 0 Å². The first-order chi connectivity index (χ1) is 35.5. The third kappa shape index (κ3) is 58.0. The van der Waals surface area contributed by atoms with Gasteiger partial charge in [0.25, 0.3) is 0 Å². The largest absolute Gasteiger partial charge is 0.462 e. The van der Waals surface area contributed by atoms with Crippen LogP contribution in [-0.2, 0) is 28.6 Å². The van der Waals surface area contributed by atoms with Gasteiger partial charge in [0.2, 0.25) is 0 Å². The molecule has 0 bridgehead atoms. The zero-order chi connectivity index (χ0) is 52.2. The SMILES string of the molecule is CC/C=C\C/C=C\C/C=C\C/C=C\CCCCCCCCCCC(=O)OCC(COC(=O)CCCCCCC/C=C\CCCCC)OC(=O)CCCCCCCCCCCCCCCCCCCCCCC. The van der Waals surface area contributed by atoms with Gasteiger partial charge in [-0.1, -0.05) is 281 Å². The van der Waals surface area contributed by atoms with Crippen molar-refractivity contribution in [3.8, 4) is 0 Å². The quantitative estimate of drug-likeness (QED) is 0.0261. The number of carbonyl (C=O) groups excluding carboxylic acids is 3. The van der Waals surface area contributed by atoms with Crippen LogP contribution in [0.2, 0.25) is 0 Å². The van der Waals surface area contributed by atoms with Crippen molar-refractivity contribution in [3.05, 3.63) is 60.8 Å². The van der Waals surface area contributed by atoms with E-state index in [-0.39, 0.29) is 31.1 Å². The average Bonchev–Trinajstić information content (AvgIpc) is 3.38. The van der Waals surface area contributed by atoms with Crippen LogP contribution in [0.4, 0.5) is 0 Å². The molecule has 1 unspecified atom stereocenters. The van der Waals surface area contributed by atoms with E-state index in [9.17, 15) is 14.4 Å². The standard InChI is InChI=1S/C66H118O6/c1-4-7-10-13-16-19-22-25-27-29-31-33-35-37-39-41-44-47-50-53-56-59-65(68)71-62-63(61-70-64(67)58-55-52-49-46-43-24-21-18-15-12-9-6-3)72-66(69)60-57-54-51-48-45-42-40-38-36-34-32-30-28-26-23-20-17-14-11-8-5-2/h7,10,16,18-19,21,25,27,31,33,63H,4-6,8-9,11-15,17,20,22-24,26,28-30,32,34-62H2,1-3H3/b10-7-,19-16-,21-18-,27-25-,33-31-. The molecule has 0 aliphatic carbocycles. The minimum absolute atomic E-state index is 0.0782. The van der Waals surface area contributed by atoms with Crippen molar-refractivity contribution in [2.24, 2.45) is 0 Å². The van der Waals surface area contributed by atoms with Gasteiger partial charge in [-0.3, -0.25) is 14.4 Å². The highest BCUT2D eigenvalue weighted by molar-refractivity contribution is 5.71. The Morgan fingerprint density at radius 1 is 0.292 bits per heavy atom. The first-order valence-electron chi connectivity index (χ1n) is 31.3. The topological polar surface area (TPSA) is 78.9 Å². The van der Waals surface area contributed by atoms with Crippen LogP contribution in [0.3, 0.4) is 0 Å². The zero-order valence-corrected chi connectivity index (χ0v) is 47.9. The van der Waals surface area contributed by atoms with Gasteiger partial charge < -0.3 is 14.2 Å². The highest BCUT2D eigenvalue weighted by atomic mass is 16.6. The summed E-state index contributed by atoms with van der Waals surface area (Å²) in [6.45, 7) is 6.53. The van der Waals surface area contributed by atoms with Gasteiger partial charge in [-0.05, 0) is 83.5 Å². The highest BCUT2D eigenvalue weighted by Gasteiger charge is 2.19. The molecule has 0 spiro atoms. The first-order valence-corrected chi connectivity index (χ1v) is 31.3. The number of hydrogen-bond donors (Lipinski definition) is 0. The number of esters is 3. The smallest absolute Gasteiger partial charge is 0.306 e. The van der Waals surface area contributed by atoms with E-state index < -0.39 is 6.10 Å². The molecule has 418 valence electrons. The van der Waals surface area contributed by atoms with Gasteiger partial charge in [0.1, 0.15) is 13.2 Å². The Labute approximate surface area is 447 Å². The number of ether oxygens (including phenoxy) is 3. The molecular weight excluding hydrogens is 889 g/mol.